The van der Waals surface area contributed by atoms with E-state index in [1.54, 1.807) is 0 Å². The number of hydrogen-bond acceptors (Lipinski definition) is 2. The highest BCUT2D eigenvalue weighted by atomic mass is 19.1. The average Bonchev–Trinajstić information content (AvgIpc) is 2.76. The van der Waals surface area contributed by atoms with Crippen molar-refractivity contribution in [3.05, 3.63) is 66.0 Å². The molecule has 0 bridgehead atoms. The fraction of sp³-hybridized carbons (Fsp3) is 0.125. The maximum Gasteiger partial charge on any atom is 0.329 e. The number of imide groups is 1. The van der Waals surface area contributed by atoms with Gasteiger partial charge in [-0.05, 0) is 29.8 Å². The van der Waals surface area contributed by atoms with Crippen LogP contribution in [0.4, 0.5) is 14.9 Å². The second-order valence-corrected chi connectivity index (χ2v) is 4.84. The van der Waals surface area contributed by atoms with E-state index in [1.165, 1.54) is 24.3 Å². The summed E-state index contributed by atoms with van der Waals surface area (Å²) in [6, 6.07) is 13.7. The maximum atomic E-state index is 12.9. The third kappa shape index (κ3) is 2.63. The van der Waals surface area contributed by atoms with Crippen molar-refractivity contribution in [3.8, 4) is 0 Å². The van der Waals surface area contributed by atoms with Gasteiger partial charge in [0.05, 0.1) is 5.69 Å². The molecule has 1 aliphatic heterocycles. The predicted molar refractivity (Wildman–Crippen MR) is 76.4 cm³/mol. The standard InChI is InChI=1S/C16H13FN2O2/c17-12-6-8-13(9-7-12)19-15(20)14(18-16(19)21)10-11-4-2-1-3-5-11/h1-9,14H,10H2,(H,18,21). The van der Waals surface area contributed by atoms with Gasteiger partial charge in [-0.25, -0.2) is 14.1 Å². The van der Waals surface area contributed by atoms with Crippen LogP contribution in [0.25, 0.3) is 0 Å². The van der Waals surface area contributed by atoms with E-state index in [9.17, 15) is 14.0 Å². The Kier molecular flexibility index (Phi) is 3.39. The molecule has 0 radical (unpaired) electrons. The summed E-state index contributed by atoms with van der Waals surface area (Å²) in [6.07, 6.45) is 0.434. The Balaban J connectivity index is 1.80. The molecule has 3 amide bonds. The van der Waals surface area contributed by atoms with E-state index in [0.29, 0.717) is 12.1 Å². The first kappa shape index (κ1) is 13.3. The molecule has 1 saturated heterocycles. The number of rotatable bonds is 3. The molecule has 0 aliphatic carbocycles. The normalized spacial score (nSPS) is 18.0. The number of urea groups is 1. The number of amides is 3. The molecule has 2 aromatic rings. The zero-order valence-electron chi connectivity index (χ0n) is 11.1. The van der Waals surface area contributed by atoms with Gasteiger partial charge in [-0.2, -0.15) is 0 Å². The summed E-state index contributed by atoms with van der Waals surface area (Å²) in [5, 5.41) is 2.66. The molecular formula is C16H13FN2O2. The summed E-state index contributed by atoms with van der Waals surface area (Å²) in [6.45, 7) is 0. The van der Waals surface area contributed by atoms with Gasteiger partial charge in [0.2, 0.25) is 0 Å². The van der Waals surface area contributed by atoms with Crippen molar-refractivity contribution in [2.24, 2.45) is 0 Å². The fourth-order valence-corrected chi connectivity index (χ4v) is 2.35. The van der Waals surface area contributed by atoms with Crippen molar-refractivity contribution < 1.29 is 14.0 Å². The number of nitrogens with zero attached hydrogens (tertiary/aromatic N) is 1. The molecule has 0 saturated carbocycles. The minimum atomic E-state index is -0.593. The average molecular weight is 284 g/mol. The molecule has 1 fully saturated rings. The molecular weight excluding hydrogens is 271 g/mol. The Bertz CT molecular complexity index is 670. The van der Waals surface area contributed by atoms with E-state index in [2.05, 4.69) is 5.32 Å². The van der Waals surface area contributed by atoms with Crippen molar-refractivity contribution in [2.75, 3.05) is 4.90 Å². The van der Waals surface area contributed by atoms with Crippen molar-refractivity contribution in [3.63, 3.8) is 0 Å². The number of anilines is 1. The first-order chi connectivity index (χ1) is 10.1. The van der Waals surface area contributed by atoms with Crippen LogP contribution in [-0.4, -0.2) is 18.0 Å². The summed E-state index contributed by atoms with van der Waals surface area (Å²) in [4.78, 5) is 25.4. The minimum Gasteiger partial charge on any atom is -0.325 e. The van der Waals surface area contributed by atoms with Gasteiger partial charge in [0.25, 0.3) is 5.91 Å². The molecule has 5 heteroatoms. The van der Waals surface area contributed by atoms with Gasteiger partial charge in [0.15, 0.2) is 0 Å². The summed E-state index contributed by atoms with van der Waals surface area (Å²) < 4.78 is 12.9. The number of benzene rings is 2. The Labute approximate surface area is 121 Å². The van der Waals surface area contributed by atoms with Gasteiger partial charge in [0, 0.05) is 6.42 Å². The lowest BCUT2D eigenvalue weighted by atomic mass is 10.1. The third-order valence-electron chi connectivity index (χ3n) is 3.39. The van der Waals surface area contributed by atoms with Crippen LogP contribution in [0.1, 0.15) is 5.56 Å². The van der Waals surface area contributed by atoms with Crippen molar-refractivity contribution in [1.29, 1.82) is 0 Å². The number of carbonyl (C=O) groups is 2. The highest BCUT2D eigenvalue weighted by Crippen LogP contribution is 2.21. The van der Waals surface area contributed by atoms with Crippen molar-refractivity contribution >= 4 is 17.6 Å². The SMILES string of the molecule is O=C1NC(Cc2ccccc2)C(=O)N1c1ccc(F)cc1. The molecule has 1 aliphatic rings. The smallest absolute Gasteiger partial charge is 0.325 e. The zero-order chi connectivity index (χ0) is 14.8. The van der Waals surface area contributed by atoms with Gasteiger partial charge in [-0.3, -0.25) is 4.79 Å². The van der Waals surface area contributed by atoms with Crippen LogP contribution >= 0.6 is 0 Å². The van der Waals surface area contributed by atoms with E-state index in [-0.39, 0.29) is 5.91 Å². The Morgan fingerprint density at radius 3 is 2.33 bits per heavy atom. The summed E-state index contributed by atoms with van der Waals surface area (Å²) in [5.74, 6) is -0.734. The van der Waals surface area contributed by atoms with Gasteiger partial charge in [0.1, 0.15) is 11.9 Å². The van der Waals surface area contributed by atoms with Crippen LogP contribution in [0.5, 0.6) is 0 Å². The molecule has 1 heterocycles. The first-order valence-electron chi connectivity index (χ1n) is 6.59. The summed E-state index contributed by atoms with van der Waals surface area (Å²) in [7, 11) is 0. The zero-order valence-corrected chi connectivity index (χ0v) is 11.1. The second-order valence-electron chi connectivity index (χ2n) is 4.84. The van der Waals surface area contributed by atoms with E-state index in [0.717, 1.165) is 10.5 Å². The van der Waals surface area contributed by atoms with Crippen LogP contribution in [-0.2, 0) is 11.2 Å². The highest BCUT2D eigenvalue weighted by molar-refractivity contribution is 6.21. The quantitative estimate of drug-likeness (QED) is 0.880. The maximum absolute atomic E-state index is 12.9. The van der Waals surface area contributed by atoms with Crippen LogP contribution in [0.15, 0.2) is 54.6 Å². The van der Waals surface area contributed by atoms with Crippen LogP contribution in [0.2, 0.25) is 0 Å². The Hall–Kier alpha value is -2.69. The van der Waals surface area contributed by atoms with Gasteiger partial charge in [-0.1, -0.05) is 30.3 Å². The largest absolute Gasteiger partial charge is 0.329 e. The Morgan fingerprint density at radius 2 is 1.67 bits per heavy atom. The topological polar surface area (TPSA) is 49.4 Å². The van der Waals surface area contributed by atoms with Crippen LogP contribution in [0.3, 0.4) is 0 Å². The van der Waals surface area contributed by atoms with Gasteiger partial charge >= 0.3 is 6.03 Å². The lowest BCUT2D eigenvalue weighted by molar-refractivity contribution is -0.118. The summed E-state index contributed by atoms with van der Waals surface area (Å²) >= 11 is 0. The van der Waals surface area contributed by atoms with Crippen LogP contribution in [0, 0.1) is 5.82 Å². The summed E-state index contributed by atoms with van der Waals surface area (Å²) in [5.41, 5.74) is 1.34. The molecule has 3 rings (SSSR count). The molecule has 4 nitrogen and oxygen atoms in total. The lowest BCUT2D eigenvalue weighted by Crippen LogP contribution is -2.32. The molecule has 21 heavy (non-hydrogen) atoms. The lowest BCUT2D eigenvalue weighted by Gasteiger charge is -2.13. The van der Waals surface area contributed by atoms with Crippen LogP contribution < -0.4 is 10.2 Å². The molecule has 1 atom stereocenters. The number of nitrogens with one attached hydrogen (secondary N) is 1. The predicted octanol–water partition coefficient (Wildman–Crippen LogP) is 2.49. The van der Waals surface area contributed by atoms with E-state index in [1.807, 2.05) is 30.3 Å². The van der Waals surface area contributed by atoms with E-state index in [4.69, 9.17) is 0 Å². The number of hydrogen-bond donors (Lipinski definition) is 1. The monoisotopic (exact) mass is 284 g/mol. The van der Waals surface area contributed by atoms with Crippen molar-refractivity contribution in [2.45, 2.75) is 12.5 Å². The van der Waals surface area contributed by atoms with E-state index >= 15 is 0 Å². The number of carbonyl (C=O) groups excluding carboxylic acids is 2. The highest BCUT2D eigenvalue weighted by Gasteiger charge is 2.38. The molecule has 0 aromatic heterocycles. The first-order valence-corrected chi connectivity index (χ1v) is 6.59. The fourth-order valence-electron chi connectivity index (χ4n) is 2.35. The molecule has 106 valence electrons. The molecule has 1 unspecified atom stereocenters. The van der Waals surface area contributed by atoms with E-state index < -0.39 is 17.9 Å². The molecule has 1 N–H and O–H groups in total. The molecule has 0 spiro atoms. The van der Waals surface area contributed by atoms with Gasteiger partial charge in [-0.15, -0.1) is 0 Å². The number of halogens is 1. The Morgan fingerprint density at radius 1 is 1.00 bits per heavy atom. The minimum absolute atomic E-state index is 0.324. The van der Waals surface area contributed by atoms with Crippen molar-refractivity contribution in [1.82, 2.24) is 5.32 Å². The third-order valence-corrected chi connectivity index (χ3v) is 3.39. The second kappa shape index (κ2) is 5.36. The van der Waals surface area contributed by atoms with Gasteiger partial charge < -0.3 is 5.32 Å². The molecule has 2 aromatic carbocycles.